The molecule has 0 unspecified atom stereocenters. The number of anilines is 1. The number of aldehydes is 1. The van der Waals surface area contributed by atoms with E-state index < -0.39 is 0 Å². The Kier molecular flexibility index (Phi) is 2.54. The fourth-order valence-corrected chi connectivity index (χ4v) is 1.07. The van der Waals surface area contributed by atoms with Crippen molar-refractivity contribution >= 4 is 32.5 Å². The monoisotopic (exact) mass is 227 g/mol. The van der Waals surface area contributed by atoms with Crippen molar-refractivity contribution in [2.45, 2.75) is 0 Å². The molecule has 0 aliphatic rings. The van der Waals surface area contributed by atoms with Crippen LogP contribution in [0.25, 0.3) is 0 Å². The smallest absolute Gasteiger partial charge is 0.168 e. The topological polar surface area (TPSA) is 79.8 Å². The molecule has 0 saturated carbocycles. The number of halogens is 1. The number of pyridine rings is 1. The molecule has 1 aromatic rings. The van der Waals surface area contributed by atoms with Gasteiger partial charge in [-0.05, 0) is 22.0 Å². The summed E-state index contributed by atoms with van der Waals surface area (Å²) in [6, 6.07) is 1.43. The summed E-state index contributed by atoms with van der Waals surface area (Å²) in [5, 5.41) is 7.21. The minimum absolute atomic E-state index is 0.157. The van der Waals surface area contributed by atoms with Crippen LogP contribution in [-0.2, 0) is 0 Å². The molecule has 1 aromatic heterocycles. The second-order valence-electron chi connectivity index (χ2n) is 2.13. The summed E-state index contributed by atoms with van der Waals surface area (Å²) in [6.07, 6.45) is 1.99. The molecule has 0 radical (unpaired) electrons. The second kappa shape index (κ2) is 3.44. The zero-order valence-corrected chi connectivity index (χ0v) is 7.63. The van der Waals surface area contributed by atoms with Gasteiger partial charge in [0, 0.05) is 17.4 Å². The van der Waals surface area contributed by atoms with Gasteiger partial charge in [-0.15, -0.1) is 0 Å². The van der Waals surface area contributed by atoms with Gasteiger partial charge < -0.3 is 5.73 Å². The molecule has 1 heterocycles. The molecule has 62 valence electrons. The van der Waals surface area contributed by atoms with Crippen molar-refractivity contribution in [2.75, 3.05) is 5.73 Å². The fraction of sp³-hybridized carbons (Fsp3) is 0. The molecule has 0 bridgehead atoms. The van der Waals surface area contributed by atoms with E-state index in [1.54, 1.807) is 0 Å². The van der Waals surface area contributed by atoms with Crippen molar-refractivity contribution in [3.63, 3.8) is 0 Å². The maximum absolute atomic E-state index is 10.3. The van der Waals surface area contributed by atoms with E-state index in [4.69, 9.17) is 11.1 Å². The lowest BCUT2D eigenvalue weighted by Crippen LogP contribution is -2.00. The van der Waals surface area contributed by atoms with Crippen LogP contribution in [0.1, 0.15) is 16.1 Å². The Labute approximate surface area is 77.4 Å². The molecule has 12 heavy (non-hydrogen) atoms. The lowest BCUT2D eigenvalue weighted by atomic mass is 10.2. The van der Waals surface area contributed by atoms with E-state index in [1.807, 2.05) is 0 Å². The van der Waals surface area contributed by atoms with Crippen molar-refractivity contribution in [3.05, 3.63) is 23.5 Å². The molecule has 5 heteroatoms. The highest BCUT2D eigenvalue weighted by molar-refractivity contribution is 9.18. The highest BCUT2D eigenvalue weighted by Gasteiger charge is 2.03. The van der Waals surface area contributed by atoms with Gasteiger partial charge in [0.2, 0.25) is 0 Å². The number of nitrogens with zero attached hydrogens (tertiary/aromatic N) is 1. The van der Waals surface area contributed by atoms with Crippen LogP contribution in [0.2, 0.25) is 0 Å². The van der Waals surface area contributed by atoms with Crippen molar-refractivity contribution in [3.8, 4) is 0 Å². The predicted molar refractivity (Wildman–Crippen MR) is 49.8 cm³/mol. The first-order valence-electron chi connectivity index (χ1n) is 3.10. The van der Waals surface area contributed by atoms with E-state index in [0.717, 1.165) is 0 Å². The van der Waals surface area contributed by atoms with Crippen molar-refractivity contribution in [1.29, 1.82) is 5.41 Å². The fourth-order valence-electron chi connectivity index (χ4n) is 0.736. The van der Waals surface area contributed by atoms with Crippen LogP contribution >= 0.6 is 15.9 Å². The first-order chi connectivity index (χ1) is 5.65. The minimum Gasteiger partial charge on any atom is -0.398 e. The van der Waals surface area contributed by atoms with Gasteiger partial charge in [-0.1, -0.05) is 0 Å². The van der Waals surface area contributed by atoms with E-state index in [0.29, 0.717) is 17.5 Å². The van der Waals surface area contributed by atoms with Crippen molar-refractivity contribution < 1.29 is 4.79 Å². The Morgan fingerprint density at radius 3 is 2.83 bits per heavy atom. The van der Waals surface area contributed by atoms with Crippen LogP contribution in [0.4, 0.5) is 5.69 Å². The van der Waals surface area contributed by atoms with Crippen LogP contribution in [0.3, 0.4) is 0 Å². The Hall–Kier alpha value is -1.23. The normalized spacial score (nSPS) is 9.42. The summed E-state index contributed by atoms with van der Waals surface area (Å²) < 4.78 is 0.157. The number of nitrogens with one attached hydrogen (secondary N) is 1. The lowest BCUT2D eigenvalue weighted by molar-refractivity contribution is 0.111. The molecule has 0 aliphatic heterocycles. The molecule has 0 atom stereocenters. The number of nitrogen functional groups attached to an aromatic ring is 1. The molecular formula is C7H6BrN3O. The molecular weight excluding hydrogens is 222 g/mol. The molecule has 0 spiro atoms. The minimum atomic E-state index is 0.157. The molecule has 0 amide bonds. The lowest BCUT2D eigenvalue weighted by Gasteiger charge is -2.00. The third-order valence-corrected chi connectivity index (χ3v) is 1.74. The van der Waals surface area contributed by atoms with Crippen molar-refractivity contribution in [2.24, 2.45) is 0 Å². The summed E-state index contributed by atoms with van der Waals surface area (Å²) in [6.45, 7) is 0. The third-order valence-electron chi connectivity index (χ3n) is 1.31. The Morgan fingerprint density at radius 2 is 2.42 bits per heavy atom. The van der Waals surface area contributed by atoms with E-state index in [-0.39, 0.29) is 10.3 Å². The van der Waals surface area contributed by atoms with Crippen LogP contribution in [0, 0.1) is 5.41 Å². The van der Waals surface area contributed by atoms with E-state index in [1.165, 1.54) is 12.3 Å². The molecule has 0 aliphatic carbocycles. The first kappa shape index (κ1) is 8.86. The molecule has 0 fully saturated rings. The maximum atomic E-state index is 10.3. The molecule has 0 saturated heterocycles. The van der Waals surface area contributed by atoms with Gasteiger partial charge in [0.1, 0.15) is 10.3 Å². The molecule has 3 N–H and O–H groups in total. The van der Waals surface area contributed by atoms with Gasteiger partial charge >= 0.3 is 0 Å². The van der Waals surface area contributed by atoms with Gasteiger partial charge in [-0.2, -0.15) is 0 Å². The average molecular weight is 228 g/mol. The average Bonchev–Trinajstić information content (AvgIpc) is 2.03. The zero-order chi connectivity index (χ0) is 9.14. The number of nitrogens with two attached hydrogens (primary N) is 1. The number of carbonyl (C=O) groups is 1. The Morgan fingerprint density at radius 1 is 1.75 bits per heavy atom. The Balaban J connectivity index is 3.20. The standard InChI is InChI=1S/C7H6BrN3O/c8-7(10)5-2-11-4(3-12)1-6(5)9/h1-3,10H,(H2,9,11). The van der Waals surface area contributed by atoms with Gasteiger partial charge in [0.15, 0.2) is 6.29 Å². The van der Waals surface area contributed by atoms with Crippen LogP contribution in [-0.4, -0.2) is 15.9 Å². The number of carbonyl (C=O) groups excluding carboxylic acids is 1. The zero-order valence-electron chi connectivity index (χ0n) is 6.04. The number of rotatable bonds is 2. The summed E-state index contributed by atoms with van der Waals surface area (Å²) in [4.78, 5) is 14.0. The highest BCUT2D eigenvalue weighted by Crippen LogP contribution is 2.13. The molecule has 1 rings (SSSR count). The summed E-state index contributed by atoms with van der Waals surface area (Å²) >= 11 is 2.95. The first-order valence-corrected chi connectivity index (χ1v) is 3.89. The van der Waals surface area contributed by atoms with Gasteiger partial charge in [0.05, 0.1) is 0 Å². The van der Waals surface area contributed by atoms with Gasteiger partial charge in [-0.25, -0.2) is 0 Å². The van der Waals surface area contributed by atoms with Crippen LogP contribution in [0.15, 0.2) is 12.3 Å². The van der Waals surface area contributed by atoms with Gasteiger partial charge in [0.25, 0.3) is 0 Å². The van der Waals surface area contributed by atoms with E-state index in [2.05, 4.69) is 20.9 Å². The number of aromatic nitrogens is 1. The number of hydrogen-bond acceptors (Lipinski definition) is 4. The quantitative estimate of drug-likeness (QED) is 0.589. The van der Waals surface area contributed by atoms with Crippen LogP contribution < -0.4 is 5.73 Å². The SMILES string of the molecule is N=C(Br)c1cnc(C=O)cc1N. The highest BCUT2D eigenvalue weighted by atomic mass is 79.9. The predicted octanol–water partition coefficient (Wildman–Crippen LogP) is 1.20. The van der Waals surface area contributed by atoms with Gasteiger partial charge in [-0.3, -0.25) is 15.2 Å². The van der Waals surface area contributed by atoms with E-state index in [9.17, 15) is 4.79 Å². The molecule has 4 nitrogen and oxygen atoms in total. The maximum Gasteiger partial charge on any atom is 0.168 e. The van der Waals surface area contributed by atoms with Crippen molar-refractivity contribution in [1.82, 2.24) is 4.98 Å². The summed E-state index contributed by atoms with van der Waals surface area (Å²) in [5.74, 6) is 0. The third kappa shape index (κ3) is 1.68. The Bertz CT molecular complexity index is 337. The summed E-state index contributed by atoms with van der Waals surface area (Å²) in [7, 11) is 0. The largest absolute Gasteiger partial charge is 0.398 e. The number of hydrogen-bond donors (Lipinski definition) is 2. The van der Waals surface area contributed by atoms with E-state index >= 15 is 0 Å². The second-order valence-corrected chi connectivity index (χ2v) is 2.92. The van der Waals surface area contributed by atoms with Crippen LogP contribution in [0.5, 0.6) is 0 Å². The summed E-state index contributed by atoms with van der Waals surface area (Å²) in [5.41, 5.74) is 6.65. The molecule has 0 aromatic carbocycles.